The molecule has 0 radical (unpaired) electrons. The van der Waals surface area contributed by atoms with Crippen LogP contribution < -0.4 is 5.73 Å². The topological polar surface area (TPSA) is 101 Å². The number of nitrogens with two attached hydrogens (primary N) is 1. The van der Waals surface area contributed by atoms with Gasteiger partial charge in [-0.05, 0) is 12.0 Å². The van der Waals surface area contributed by atoms with E-state index < -0.39 is 12.0 Å². The lowest BCUT2D eigenvalue weighted by Gasteiger charge is -2.07. The highest BCUT2D eigenvalue weighted by Gasteiger charge is 2.22. The number of nitrogens with zero attached hydrogens (tertiary/aromatic N) is 2. The maximum atomic E-state index is 10.5. The Bertz CT molecular complexity index is 321. The van der Waals surface area contributed by atoms with Gasteiger partial charge in [0.25, 0.3) is 0 Å². The fourth-order valence-electron chi connectivity index (χ4n) is 1.09. The highest BCUT2D eigenvalue weighted by molar-refractivity contribution is 5.75. The van der Waals surface area contributed by atoms with Crippen molar-refractivity contribution in [3.63, 3.8) is 0 Å². The lowest BCUT2D eigenvalue weighted by molar-refractivity contribution is -0.139. The van der Waals surface area contributed by atoms with Gasteiger partial charge in [0, 0.05) is 0 Å². The van der Waals surface area contributed by atoms with Crippen LogP contribution in [0, 0.1) is 0 Å². The van der Waals surface area contributed by atoms with Crippen LogP contribution in [0.2, 0.25) is 0 Å². The van der Waals surface area contributed by atoms with Crippen molar-refractivity contribution in [3.8, 4) is 0 Å². The Kier molecular flexibility index (Phi) is 2.52. The number of carboxylic acid groups (broad SMARTS) is 1. The average Bonchev–Trinajstić information content (AvgIpc) is 2.45. The second-order valence-corrected chi connectivity index (χ2v) is 2.61. The Hall–Kier alpha value is -1.56. The molecule has 0 fully saturated rings. The molecule has 4 N–H and O–H groups in total. The molecule has 1 rings (SSSR count). The number of aryl methyl sites for hydroxylation is 1. The number of carbonyl (C=O) groups is 1. The third-order valence-electron chi connectivity index (χ3n) is 1.81. The summed E-state index contributed by atoms with van der Waals surface area (Å²) >= 11 is 0. The molecule has 0 bridgehead atoms. The summed E-state index contributed by atoms with van der Waals surface area (Å²) in [5.74, 6) is -1.19. The first-order chi connectivity index (χ1) is 6.07. The van der Waals surface area contributed by atoms with Crippen LogP contribution in [-0.4, -0.2) is 26.2 Å². The largest absolute Gasteiger partial charge is 0.480 e. The maximum Gasteiger partial charge on any atom is 0.326 e. The van der Waals surface area contributed by atoms with E-state index in [0.29, 0.717) is 16.8 Å². The van der Waals surface area contributed by atoms with Crippen molar-refractivity contribution in [2.45, 2.75) is 19.4 Å². The second-order valence-electron chi connectivity index (χ2n) is 2.61. The number of hydrogen-bond donors (Lipinski definition) is 3. The third-order valence-corrected chi connectivity index (χ3v) is 1.81. The number of aliphatic carboxylic acids is 1. The molecule has 1 aromatic rings. The summed E-state index contributed by atoms with van der Waals surface area (Å²) in [6.07, 6.45) is 1.98. The van der Waals surface area contributed by atoms with Crippen LogP contribution in [0.3, 0.4) is 0 Å². The van der Waals surface area contributed by atoms with Gasteiger partial charge in [0.05, 0.1) is 6.20 Å². The fraction of sp³-hybridized carbons (Fsp3) is 0.429. The Labute approximate surface area is 74.5 Å². The van der Waals surface area contributed by atoms with Crippen molar-refractivity contribution in [3.05, 3.63) is 17.5 Å². The summed E-state index contributed by atoms with van der Waals surface area (Å²) in [6, 6.07) is -1.23. The number of hydrogen-bond acceptors (Lipinski definition) is 4. The first kappa shape index (κ1) is 9.53. The van der Waals surface area contributed by atoms with E-state index in [0.717, 1.165) is 0 Å². The summed E-state index contributed by atoms with van der Waals surface area (Å²) in [5.41, 5.74) is 6.11. The standard InChI is InChI=1S/C7H11N3O3/c1-2-4-3-9-10(13)6(4)5(8)7(11)12/h3,5,13H,2,8H2,1H3,(H,11,12)/t5-/m0/s1. The van der Waals surface area contributed by atoms with Crippen molar-refractivity contribution in [2.75, 3.05) is 0 Å². The van der Waals surface area contributed by atoms with E-state index in [1.807, 2.05) is 6.92 Å². The number of carboxylic acids is 1. The monoisotopic (exact) mass is 185 g/mol. The predicted octanol–water partition coefficient (Wildman–Crippen LogP) is -0.233. The quantitative estimate of drug-likeness (QED) is 0.564. The van der Waals surface area contributed by atoms with E-state index in [-0.39, 0.29) is 5.69 Å². The maximum absolute atomic E-state index is 10.5. The molecule has 0 saturated heterocycles. The molecular formula is C7H11N3O3. The van der Waals surface area contributed by atoms with Crippen molar-refractivity contribution < 1.29 is 15.1 Å². The van der Waals surface area contributed by atoms with Gasteiger partial charge in [-0.1, -0.05) is 6.92 Å². The lowest BCUT2D eigenvalue weighted by Crippen LogP contribution is -2.24. The molecule has 0 unspecified atom stereocenters. The zero-order chi connectivity index (χ0) is 10.0. The van der Waals surface area contributed by atoms with E-state index in [1.165, 1.54) is 6.20 Å². The minimum atomic E-state index is -1.23. The molecule has 72 valence electrons. The average molecular weight is 185 g/mol. The summed E-state index contributed by atoms with van der Waals surface area (Å²) in [4.78, 5) is 11.1. The van der Waals surface area contributed by atoms with Gasteiger partial charge >= 0.3 is 5.97 Å². The van der Waals surface area contributed by atoms with Crippen LogP contribution in [0.5, 0.6) is 0 Å². The zero-order valence-electron chi connectivity index (χ0n) is 7.14. The summed E-state index contributed by atoms with van der Waals surface area (Å²) in [6.45, 7) is 1.83. The van der Waals surface area contributed by atoms with Gasteiger partial charge in [-0.25, -0.2) is 0 Å². The second kappa shape index (κ2) is 3.44. The van der Waals surface area contributed by atoms with Gasteiger partial charge in [0.2, 0.25) is 0 Å². The normalized spacial score (nSPS) is 12.8. The Morgan fingerprint density at radius 3 is 2.92 bits per heavy atom. The number of rotatable bonds is 3. The predicted molar refractivity (Wildman–Crippen MR) is 43.4 cm³/mol. The lowest BCUT2D eigenvalue weighted by atomic mass is 10.1. The molecule has 6 heteroatoms. The Balaban J connectivity index is 3.10. The van der Waals surface area contributed by atoms with Crippen LogP contribution in [0.25, 0.3) is 0 Å². The van der Waals surface area contributed by atoms with E-state index in [4.69, 9.17) is 16.0 Å². The summed E-state index contributed by atoms with van der Waals surface area (Å²) in [5, 5.41) is 21.3. The SMILES string of the molecule is CCc1cnn(O)c1[C@H](N)C(=O)O. The highest BCUT2D eigenvalue weighted by atomic mass is 16.5. The van der Waals surface area contributed by atoms with Crippen molar-refractivity contribution in [2.24, 2.45) is 5.73 Å². The third kappa shape index (κ3) is 1.62. The van der Waals surface area contributed by atoms with E-state index >= 15 is 0 Å². The molecule has 0 aliphatic heterocycles. The van der Waals surface area contributed by atoms with E-state index in [1.54, 1.807) is 0 Å². The molecule has 0 saturated carbocycles. The highest BCUT2D eigenvalue weighted by Crippen LogP contribution is 2.15. The van der Waals surface area contributed by atoms with Gasteiger partial charge in [-0.3, -0.25) is 4.79 Å². The molecule has 0 aromatic carbocycles. The van der Waals surface area contributed by atoms with Gasteiger partial charge in [0.1, 0.15) is 11.7 Å². The minimum absolute atomic E-state index is 0.134. The first-order valence-corrected chi connectivity index (χ1v) is 3.82. The molecule has 6 nitrogen and oxygen atoms in total. The Morgan fingerprint density at radius 1 is 1.85 bits per heavy atom. The molecule has 13 heavy (non-hydrogen) atoms. The molecule has 1 atom stereocenters. The molecule has 1 heterocycles. The molecule has 0 amide bonds. The molecule has 0 aliphatic rings. The van der Waals surface area contributed by atoms with Crippen molar-refractivity contribution in [1.29, 1.82) is 0 Å². The Morgan fingerprint density at radius 2 is 2.46 bits per heavy atom. The summed E-state index contributed by atoms with van der Waals surface area (Å²) in [7, 11) is 0. The summed E-state index contributed by atoms with van der Waals surface area (Å²) < 4.78 is 0. The van der Waals surface area contributed by atoms with Gasteiger partial charge in [0.15, 0.2) is 0 Å². The van der Waals surface area contributed by atoms with Gasteiger partial charge in [-0.2, -0.15) is 0 Å². The first-order valence-electron chi connectivity index (χ1n) is 3.82. The zero-order valence-corrected chi connectivity index (χ0v) is 7.14. The van der Waals surface area contributed by atoms with Crippen molar-refractivity contribution in [1.82, 2.24) is 9.94 Å². The van der Waals surface area contributed by atoms with Crippen LogP contribution in [0.1, 0.15) is 24.2 Å². The van der Waals surface area contributed by atoms with Crippen LogP contribution >= 0.6 is 0 Å². The minimum Gasteiger partial charge on any atom is -0.480 e. The molecule has 0 spiro atoms. The molecule has 0 aliphatic carbocycles. The number of aromatic nitrogens is 2. The van der Waals surface area contributed by atoms with Gasteiger partial charge < -0.3 is 16.0 Å². The molecular weight excluding hydrogens is 174 g/mol. The van der Waals surface area contributed by atoms with Crippen LogP contribution in [0.15, 0.2) is 6.20 Å². The van der Waals surface area contributed by atoms with Crippen LogP contribution in [-0.2, 0) is 11.2 Å². The fourth-order valence-corrected chi connectivity index (χ4v) is 1.09. The van der Waals surface area contributed by atoms with E-state index in [9.17, 15) is 4.79 Å². The van der Waals surface area contributed by atoms with E-state index in [2.05, 4.69) is 5.10 Å². The van der Waals surface area contributed by atoms with Gasteiger partial charge in [-0.15, -0.1) is 9.94 Å². The van der Waals surface area contributed by atoms with Crippen LogP contribution in [0.4, 0.5) is 0 Å². The molecule has 1 aromatic heterocycles. The smallest absolute Gasteiger partial charge is 0.326 e. The van der Waals surface area contributed by atoms with Crippen molar-refractivity contribution >= 4 is 5.97 Å².